The lowest BCUT2D eigenvalue weighted by Gasteiger charge is -2.39. The minimum absolute atomic E-state index is 0.287. The van der Waals surface area contributed by atoms with Gasteiger partial charge in [0, 0.05) is 11.7 Å². The Labute approximate surface area is 153 Å². The van der Waals surface area contributed by atoms with Crippen LogP contribution in [0, 0.1) is 11.3 Å². The number of alkyl halides is 3. The van der Waals surface area contributed by atoms with Crippen LogP contribution in [0.25, 0.3) is 0 Å². The van der Waals surface area contributed by atoms with Crippen molar-refractivity contribution in [3.05, 3.63) is 29.8 Å². The fourth-order valence-electron chi connectivity index (χ4n) is 3.43. The number of hydrogen-bond donors (Lipinski definition) is 2. The number of rotatable bonds is 4. The molecule has 1 saturated carbocycles. The van der Waals surface area contributed by atoms with Gasteiger partial charge in [0.05, 0.1) is 5.56 Å². The molecule has 25 heavy (non-hydrogen) atoms. The third kappa shape index (κ3) is 5.59. The monoisotopic (exact) mass is 372 g/mol. The van der Waals surface area contributed by atoms with Crippen LogP contribution in [0.5, 0.6) is 0 Å². The lowest BCUT2D eigenvalue weighted by molar-refractivity contribution is -0.137. The number of hydrogen-bond acceptors (Lipinski definition) is 1. The van der Waals surface area contributed by atoms with Crippen molar-refractivity contribution in [1.29, 1.82) is 0 Å². The molecular weight excluding hydrogens is 345 g/mol. The summed E-state index contributed by atoms with van der Waals surface area (Å²) in [5.74, 6) is 0.723. The summed E-state index contributed by atoms with van der Waals surface area (Å²) in [4.78, 5) is 0. The molecule has 0 spiro atoms. The van der Waals surface area contributed by atoms with Gasteiger partial charge in [0.2, 0.25) is 0 Å². The zero-order valence-electron chi connectivity index (χ0n) is 15.0. The summed E-state index contributed by atoms with van der Waals surface area (Å²) in [6.07, 6.45) is 1.22. The molecule has 0 bridgehead atoms. The van der Waals surface area contributed by atoms with Crippen LogP contribution >= 0.6 is 12.2 Å². The minimum Gasteiger partial charge on any atom is -0.360 e. The lowest BCUT2D eigenvalue weighted by Crippen LogP contribution is -2.41. The van der Waals surface area contributed by atoms with Crippen molar-refractivity contribution >= 4 is 23.0 Å². The minimum atomic E-state index is -4.35. The number of anilines is 1. The van der Waals surface area contributed by atoms with Gasteiger partial charge in [0.15, 0.2) is 5.11 Å². The van der Waals surface area contributed by atoms with Gasteiger partial charge in [-0.25, -0.2) is 0 Å². The maximum Gasteiger partial charge on any atom is 0.416 e. The van der Waals surface area contributed by atoms with E-state index >= 15 is 0 Å². The Bertz CT molecular complexity index is 591. The molecule has 0 aromatic heterocycles. The van der Waals surface area contributed by atoms with Crippen molar-refractivity contribution in [2.24, 2.45) is 11.3 Å². The molecule has 0 saturated heterocycles. The fraction of sp³-hybridized carbons (Fsp3) is 0.632. The van der Waals surface area contributed by atoms with Gasteiger partial charge in [-0.3, -0.25) is 0 Å². The number of thiocarbonyl (C=S) groups is 1. The molecule has 0 aliphatic heterocycles. The quantitative estimate of drug-likeness (QED) is 0.635. The molecule has 0 heterocycles. The summed E-state index contributed by atoms with van der Waals surface area (Å²) >= 11 is 5.28. The smallest absolute Gasteiger partial charge is 0.360 e. The van der Waals surface area contributed by atoms with E-state index in [1.165, 1.54) is 12.5 Å². The molecule has 0 radical (unpaired) electrons. The van der Waals surface area contributed by atoms with Gasteiger partial charge in [-0.1, -0.05) is 33.3 Å². The molecule has 0 atom stereocenters. The molecule has 1 aliphatic rings. The molecule has 140 valence electrons. The maximum atomic E-state index is 12.8. The zero-order valence-corrected chi connectivity index (χ0v) is 15.9. The number of halogens is 3. The van der Waals surface area contributed by atoms with Gasteiger partial charge in [-0.05, 0) is 67.4 Å². The van der Waals surface area contributed by atoms with Crippen LogP contribution in [0.1, 0.15) is 58.4 Å². The van der Waals surface area contributed by atoms with Crippen molar-refractivity contribution in [2.45, 2.75) is 65.1 Å². The van der Waals surface area contributed by atoms with Crippen molar-refractivity contribution in [2.75, 3.05) is 5.32 Å². The topological polar surface area (TPSA) is 24.1 Å². The Morgan fingerprint density at radius 3 is 2.36 bits per heavy atom. The summed E-state index contributed by atoms with van der Waals surface area (Å²) in [5, 5.41) is 6.52. The second kappa shape index (κ2) is 7.94. The van der Waals surface area contributed by atoms with Crippen molar-refractivity contribution < 1.29 is 13.2 Å². The molecule has 2 rings (SSSR count). The van der Waals surface area contributed by atoms with Crippen molar-refractivity contribution in [3.63, 3.8) is 0 Å². The summed E-state index contributed by atoms with van der Waals surface area (Å²) in [7, 11) is 0. The van der Waals surface area contributed by atoms with Crippen LogP contribution in [-0.2, 0) is 6.18 Å². The zero-order chi connectivity index (χ0) is 18.7. The Hall–Kier alpha value is -1.30. The largest absolute Gasteiger partial charge is 0.416 e. The lowest BCUT2D eigenvalue weighted by atomic mass is 9.69. The molecule has 6 heteroatoms. The SMILES string of the molecule is CCC(C)(C)C1CCC(NC(=S)Nc2cccc(C(F)(F)F)c2)CC1. The van der Waals surface area contributed by atoms with Gasteiger partial charge in [0.25, 0.3) is 0 Å². The first-order valence-corrected chi connectivity index (χ1v) is 9.27. The van der Waals surface area contributed by atoms with E-state index in [9.17, 15) is 13.2 Å². The fourth-order valence-corrected chi connectivity index (χ4v) is 3.72. The van der Waals surface area contributed by atoms with Crippen LogP contribution in [0.4, 0.5) is 18.9 Å². The van der Waals surface area contributed by atoms with E-state index in [2.05, 4.69) is 31.4 Å². The van der Waals surface area contributed by atoms with E-state index in [1.807, 2.05) is 0 Å². The summed E-state index contributed by atoms with van der Waals surface area (Å²) in [6.45, 7) is 6.88. The van der Waals surface area contributed by atoms with Gasteiger partial charge in [-0.15, -0.1) is 0 Å². The molecule has 1 aromatic carbocycles. The second-order valence-electron chi connectivity index (χ2n) is 7.57. The first-order chi connectivity index (χ1) is 11.6. The van der Waals surface area contributed by atoms with E-state index in [0.717, 1.165) is 43.7 Å². The summed E-state index contributed by atoms with van der Waals surface area (Å²) in [6, 6.07) is 5.39. The molecule has 2 nitrogen and oxygen atoms in total. The number of nitrogens with one attached hydrogen (secondary N) is 2. The first kappa shape index (κ1) is 20.0. The highest BCUT2D eigenvalue weighted by atomic mass is 32.1. The van der Waals surface area contributed by atoms with E-state index in [-0.39, 0.29) is 6.04 Å². The highest BCUT2D eigenvalue weighted by Crippen LogP contribution is 2.40. The van der Waals surface area contributed by atoms with Crippen LogP contribution < -0.4 is 10.6 Å². The van der Waals surface area contributed by atoms with E-state index in [1.54, 1.807) is 6.07 Å². The Balaban J connectivity index is 1.86. The average Bonchev–Trinajstić information content (AvgIpc) is 2.54. The van der Waals surface area contributed by atoms with E-state index in [4.69, 9.17) is 12.2 Å². The third-order valence-corrected chi connectivity index (χ3v) is 5.75. The van der Waals surface area contributed by atoms with Crippen LogP contribution in [0.15, 0.2) is 24.3 Å². The van der Waals surface area contributed by atoms with Crippen molar-refractivity contribution in [3.8, 4) is 0 Å². The van der Waals surface area contributed by atoms with Crippen molar-refractivity contribution in [1.82, 2.24) is 5.32 Å². The molecular formula is C19H27F3N2S. The van der Waals surface area contributed by atoms with Gasteiger partial charge in [0.1, 0.15) is 0 Å². The van der Waals surface area contributed by atoms with Crippen LogP contribution in [0.2, 0.25) is 0 Å². The molecule has 2 N–H and O–H groups in total. The molecule has 1 aromatic rings. The number of benzene rings is 1. The first-order valence-electron chi connectivity index (χ1n) is 8.86. The van der Waals surface area contributed by atoms with E-state index in [0.29, 0.717) is 16.2 Å². The Morgan fingerprint density at radius 1 is 1.16 bits per heavy atom. The highest BCUT2D eigenvalue weighted by Gasteiger charge is 2.32. The Kier molecular flexibility index (Phi) is 6.35. The standard InChI is InChI=1S/C19H27F3N2S/c1-4-18(2,3)13-8-10-15(11-9-13)23-17(25)24-16-7-5-6-14(12-16)19(20,21)22/h5-7,12-13,15H,4,8-11H2,1-3H3,(H2,23,24,25). The predicted molar refractivity (Wildman–Crippen MR) is 101 cm³/mol. The van der Waals surface area contributed by atoms with Gasteiger partial charge in [-0.2, -0.15) is 13.2 Å². The molecule has 1 aliphatic carbocycles. The van der Waals surface area contributed by atoms with Gasteiger partial charge < -0.3 is 10.6 Å². The molecule has 1 fully saturated rings. The maximum absolute atomic E-state index is 12.8. The summed E-state index contributed by atoms with van der Waals surface area (Å²) in [5.41, 5.74) is 0.0395. The van der Waals surface area contributed by atoms with Crippen LogP contribution in [-0.4, -0.2) is 11.2 Å². The predicted octanol–water partition coefficient (Wildman–Crippen LogP) is 5.99. The Morgan fingerprint density at radius 2 is 1.80 bits per heavy atom. The second-order valence-corrected chi connectivity index (χ2v) is 7.98. The molecule has 0 amide bonds. The molecule has 0 unspecified atom stereocenters. The van der Waals surface area contributed by atoms with E-state index < -0.39 is 11.7 Å². The van der Waals surface area contributed by atoms with Gasteiger partial charge >= 0.3 is 6.18 Å². The highest BCUT2D eigenvalue weighted by molar-refractivity contribution is 7.80. The average molecular weight is 373 g/mol. The van der Waals surface area contributed by atoms with Crippen LogP contribution in [0.3, 0.4) is 0 Å². The third-order valence-electron chi connectivity index (χ3n) is 5.53. The summed E-state index contributed by atoms with van der Waals surface area (Å²) < 4.78 is 38.3. The normalized spacial score (nSPS) is 21.7.